The molecule has 1 fully saturated rings. The summed E-state index contributed by atoms with van der Waals surface area (Å²) in [4.78, 5) is 14.0. The Kier molecular flexibility index (Phi) is 6.17. The maximum Gasteiger partial charge on any atom is 0.191 e. The lowest BCUT2D eigenvalue weighted by Crippen LogP contribution is -2.17. The Hall–Kier alpha value is -2.46. The molecule has 5 rings (SSSR count). The third kappa shape index (κ3) is 4.45. The number of anilines is 1. The van der Waals surface area contributed by atoms with Gasteiger partial charge in [-0.2, -0.15) is 0 Å². The van der Waals surface area contributed by atoms with Crippen molar-refractivity contribution in [1.82, 2.24) is 34.3 Å². The van der Waals surface area contributed by atoms with Gasteiger partial charge in [0.25, 0.3) is 0 Å². The third-order valence-electron chi connectivity index (χ3n) is 5.79. The summed E-state index contributed by atoms with van der Waals surface area (Å²) in [7, 11) is 0. The summed E-state index contributed by atoms with van der Waals surface area (Å²) in [5.41, 5.74) is 7.35. The molecule has 1 aliphatic rings. The van der Waals surface area contributed by atoms with Gasteiger partial charge in [0.15, 0.2) is 16.6 Å². The molecule has 1 saturated carbocycles. The molecule has 0 atom stereocenters. The van der Waals surface area contributed by atoms with Crippen LogP contribution in [0.1, 0.15) is 55.3 Å². The number of nitrogens with two attached hydrogens (primary N) is 1. The Labute approximate surface area is 189 Å². The summed E-state index contributed by atoms with van der Waals surface area (Å²) in [6.07, 6.45) is 11.5. The molecule has 8 nitrogen and oxygen atoms in total. The molecular weight excluding hydrogens is 428 g/mol. The zero-order valence-electron chi connectivity index (χ0n) is 17.4. The predicted molar refractivity (Wildman–Crippen MR) is 124 cm³/mol. The smallest absolute Gasteiger partial charge is 0.191 e. The molecule has 4 aromatic heterocycles. The van der Waals surface area contributed by atoms with Crippen LogP contribution in [0.25, 0.3) is 11.2 Å². The van der Waals surface area contributed by atoms with E-state index in [-0.39, 0.29) is 0 Å². The van der Waals surface area contributed by atoms with Crippen LogP contribution in [-0.2, 0) is 13.0 Å². The van der Waals surface area contributed by atoms with E-state index in [1.165, 1.54) is 43.3 Å². The quantitative estimate of drug-likeness (QED) is 0.312. The number of hydrogen-bond donors (Lipinski definition) is 1. The first kappa shape index (κ1) is 20.4. The standard InChI is InChI=1S/C21H26N8S2/c22-19-18-20(24-13-23-19)28(14-25-18)9-5-11-31-21-27-26-17(12-16-8-4-10-30-16)29(21)15-6-2-1-3-7-15/h4,8,10,13-15H,1-3,5-7,9,11-12H2,(H2,22,23,24). The molecule has 0 saturated heterocycles. The summed E-state index contributed by atoms with van der Waals surface area (Å²) >= 11 is 3.59. The summed E-state index contributed by atoms with van der Waals surface area (Å²) in [5, 5.41) is 12.4. The molecule has 0 radical (unpaired) electrons. The third-order valence-corrected chi connectivity index (χ3v) is 7.70. The average molecular weight is 455 g/mol. The summed E-state index contributed by atoms with van der Waals surface area (Å²) in [5.74, 6) is 2.49. The molecule has 162 valence electrons. The van der Waals surface area contributed by atoms with E-state index in [9.17, 15) is 0 Å². The SMILES string of the molecule is Nc1ncnc2c1ncn2CCCSc1nnc(Cc2cccs2)n1C1CCCCC1. The fraction of sp³-hybridized carbons (Fsp3) is 0.476. The number of aromatic nitrogens is 7. The molecule has 0 spiro atoms. The molecule has 4 aromatic rings. The Morgan fingerprint density at radius 1 is 1.13 bits per heavy atom. The van der Waals surface area contributed by atoms with Gasteiger partial charge in [-0.3, -0.25) is 0 Å². The van der Waals surface area contributed by atoms with Gasteiger partial charge in [0, 0.05) is 29.6 Å². The van der Waals surface area contributed by atoms with Crippen LogP contribution in [0, 0.1) is 0 Å². The Bertz CT molecular complexity index is 1130. The average Bonchev–Trinajstić information content (AvgIpc) is 3.53. The number of rotatable bonds is 8. The van der Waals surface area contributed by atoms with Gasteiger partial charge in [-0.15, -0.1) is 21.5 Å². The normalized spacial score (nSPS) is 15.1. The number of aryl methyl sites for hydroxylation is 1. The zero-order valence-corrected chi connectivity index (χ0v) is 19.0. The van der Waals surface area contributed by atoms with E-state index in [1.807, 2.05) is 4.57 Å². The van der Waals surface area contributed by atoms with E-state index < -0.39 is 0 Å². The number of imidazole rings is 1. The minimum Gasteiger partial charge on any atom is -0.382 e. The van der Waals surface area contributed by atoms with E-state index in [1.54, 1.807) is 29.4 Å². The van der Waals surface area contributed by atoms with E-state index in [0.29, 0.717) is 17.4 Å². The van der Waals surface area contributed by atoms with Gasteiger partial charge < -0.3 is 14.9 Å². The van der Waals surface area contributed by atoms with Crippen LogP contribution in [0.5, 0.6) is 0 Å². The van der Waals surface area contributed by atoms with Crippen LogP contribution in [0.3, 0.4) is 0 Å². The summed E-state index contributed by atoms with van der Waals surface area (Å²) in [6.45, 7) is 0.833. The van der Waals surface area contributed by atoms with Gasteiger partial charge in [0.2, 0.25) is 0 Å². The fourth-order valence-corrected chi connectivity index (χ4v) is 5.91. The molecule has 0 unspecified atom stereocenters. The van der Waals surface area contributed by atoms with Gasteiger partial charge in [-0.05, 0) is 30.7 Å². The van der Waals surface area contributed by atoms with E-state index in [2.05, 4.69) is 47.2 Å². The molecule has 10 heteroatoms. The summed E-state index contributed by atoms with van der Waals surface area (Å²) < 4.78 is 4.48. The first-order valence-electron chi connectivity index (χ1n) is 10.8. The molecule has 0 aliphatic heterocycles. The number of thiophene rings is 1. The van der Waals surface area contributed by atoms with Crippen molar-refractivity contribution in [1.29, 1.82) is 0 Å². The Morgan fingerprint density at radius 3 is 2.87 bits per heavy atom. The lowest BCUT2D eigenvalue weighted by atomic mass is 9.95. The lowest BCUT2D eigenvalue weighted by Gasteiger charge is -2.25. The highest BCUT2D eigenvalue weighted by molar-refractivity contribution is 7.99. The zero-order chi connectivity index (χ0) is 21.0. The second-order valence-electron chi connectivity index (χ2n) is 7.89. The highest BCUT2D eigenvalue weighted by Crippen LogP contribution is 2.33. The molecule has 1 aliphatic carbocycles. The molecule has 0 bridgehead atoms. The van der Waals surface area contributed by atoms with E-state index in [4.69, 9.17) is 5.73 Å². The van der Waals surface area contributed by atoms with Crippen molar-refractivity contribution in [2.45, 2.75) is 62.7 Å². The Morgan fingerprint density at radius 2 is 2.03 bits per heavy atom. The molecule has 0 amide bonds. The molecule has 2 N–H and O–H groups in total. The van der Waals surface area contributed by atoms with Gasteiger partial charge >= 0.3 is 0 Å². The first-order chi connectivity index (χ1) is 15.3. The van der Waals surface area contributed by atoms with Crippen molar-refractivity contribution in [3.8, 4) is 0 Å². The predicted octanol–water partition coefficient (Wildman–Crippen LogP) is 4.34. The Balaban J connectivity index is 1.27. The maximum absolute atomic E-state index is 5.89. The van der Waals surface area contributed by atoms with Crippen molar-refractivity contribution in [2.24, 2.45) is 0 Å². The first-order valence-corrected chi connectivity index (χ1v) is 12.7. The van der Waals surface area contributed by atoms with Crippen molar-refractivity contribution in [2.75, 3.05) is 11.5 Å². The fourth-order valence-electron chi connectivity index (χ4n) is 4.26. The highest BCUT2D eigenvalue weighted by Gasteiger charge is 2.23. The topological polar surface area (TPSA) is 100 Å². The van der Waals surface area contributed by atoms with Gasteiger partial charge in [0.1, 0.15) is 17.7 Å². The van der Waals surface area contributed by atoms with E-state index in [0.717, 1.165) is 41.8 Å². The second kappa shape index (κ2) is 9.35. The van der Waals surface area contributed by atoms with Gasteiger partial charge in [0.05, 0.1) is 6.33 Å². The monoisotopic (exact) mass is 454 g/mol. The minimum atomic E-state index is 0.428. The number of fused-ring (bicyclic) bond motifs is 1. The lowest BCUT2D eigenvalue weighted by molar-refractivity contribution is 0.330. The number of nitrogens with zero attached hydrogens (tertiary/aromatic N) is 7. The van der Waals surface area contributed by atoms with Crippen molar-refractivity contribution in [3.05, 3.63) is 40.9 Å². The van der Waals surface area contributed by atoms with Crippen molar-refractivity contribution in [3.63, 3.8) is 0 Å². The number of thioether (sulfide) groups is 1. The van der Waals surface area contributed by atoms with Gasteiger partial charge in [-0.25, -0.2) is 15.0 Å². The summed E-state index contributed by atoms with van der Waals surface area (Å²) in [6, 6.07) is 4.82. The van der Waals surface area contributed by atoms with Crippen LogP contribution in [0.2, 0.25) is 0 Å². The van der Waals surface area contributed by atoms with Gasteiger partial charge in [-0.1, -0.05) is 37.1 Å². The molecule has 31 heavy (non-hydrogen) atoms. The van der Waals surface area contributed by atoms with Crippen molar-refractivity contribution < 1.29 is 0 Å². The molecular formula is C21H26N8S2. The molecule has 0 aromatic carbocycles. The van der Waals surface area contributed by atoms with Crippen LogP contribution in [0.4, 0.5) is 5.82 Å². The van der Waals surface area contributed by atoms with E-state index >= 15 is 0 Å². The minimum absolute atomic E-state index is 0.428. The second-order valence-corrected chi connectivity index (χ2v) is 9.98. The highest BCUT2D eigenvalue weighted by atomic mass is 32.2. The van der Waals surface area contributed by atoms with Crippen LogP contribution < -0.4 is 5.73 Å². The van der Waals surface area contributed by atoms with Crippen LogP contribution in [-0.4, -0.2) is 40.0 Å². The van der Waals surface area contributed by atoms with Crippen LogP contribution >= 0.6 is 23.1 Å². The largest absolute Gasteiger partial charge is 0.382 e. The maximum atomic E-state index is 5.89. The van der Waals surface area contributed by atoms with Crippen LogP contribution in [0.15, 0.2) is 35.3 Å². The van der Waals surface area contributed by atoms with Crippen molar-refractivity contribution >= 4 is 40.1 Å². The number of nitrogen functional groups attached to an aromatic ring is 1. The molecule has 4 heterocycles. The number of hydrogen-bond acceptors (Lipinski definition) is 8.